The van der Waals surface area contributed by atoms with Crippen LogP contribution in [-0.4, -0.2) is 19.9 Å². The van der Waals surface area contributed by atoms with Crippen molar-refractivity contribution in [3.8, 4) is 56.4 Å². The van der Waals surface area contributed by atoms with Crippen molar-refractivity contribution >= 4 is 22.7 Å². The Hall–Kier alpha value is -6.69. The number of hydrogen-bond acceptors (Lipinski definition) is 5. The molecule has 0 unspecified atom stereocenters. The Morgan fingerprint density at radius 3 is 1.65 bits per heavy atom. The van der Waals surface area contributed by atoms with Crippen molar-refractivity contribution in [3.63, 3.8) is 0 Å². The highest BCUT2D eigenvalue weighted by molar-refractivity contribution is 7.99. The highest BCUT2D eigenvalue weighted by Gasteiger charge is 2.50. The molecule has 1 aliphatic carbocycles. The molecule has 0 fully saturated rings. The molecule has 0 radical (unpaired) electrons. The van der Waals surface area contributed by atoms with E-state index in [-0.39, 0.29) is 0 Å². The fourth-order valence-corrected chi connectivity index (χ4v) is 9.65. The maximum Gasteiger partial charge on any atom is 0.164 e. The highest BCUT2D eigenvalue weighted by Crippen LogP contribution is 2.62. The summed E-state index contributed by atoms with van der Waals surface area (Å²) in [5.74, 6) is 1.91. The Balaban J connectivity index is 1.10. The van der Waals surface area contributed by atoms with E-state index in [4.69, 9.17) is 15.0 Å². The van der Waals surface area contributed by atoms with Crippen molar-refractivity contribution in [2.75, 3.05) is 0 Å². The fraction of sp³-hybridized carbons (Fsp3) is 0.0204. The summed E-state index contributed by atoms with van der Waals surface area (Å²) in [5, 5.41) is 1.12. The van der Waals surface area contributed by atoms with Gasteiger partial charge < -0.3 is 0 Å². The molecule has 1 aliphatic heterocycles. The molecule has 9 aromatic rings. The van der Waals surface area contributed by atoms with Gasteiger partial charge in [0.15, 0.2) is 17.5 Å². The maximum atomic E-state index is 5.21. The molecule has 11 rings (SSSR count). The lowest BCUT2D eigenvalue weighted by Gasteiger charge is -2.39. The van der Waals surface area contributed by atoms with Crippen LogP contribution in [0.2, 0.25) is 0 Å². The average molecular weight is 707 g/mol. The third-order valence-electron chi connectivity index (χ3n) is 10.9. The van der Waals surface area contributed by atoms with Gasteiger partial charge in [-0.2, -0.15) is 0 Å². The molecule has 5 heteroatoms. The van der Waals surface area contributed by atoms with E-state index in [0.717, 1.165) is 38.7 Å². The van der Waals surface area contributed by atoms with Crippen molar-refractivity contribution in [2.24, 2.45) is 0 Å². The van der Waals surface area contributed by atoms with Gasteiger partial charge in [-0.05, 0) is 63.2 Å². The minimum atomic E-state index is -0.481. The van der Waals surface area contributed by atoms with Gasteiger partial charge >= 0.3 is 0 Å². The van der Waals surface area contributed by atoms with Gasteiger partial charge in [0.05, 0.1) is 10.9 Å². The minimum absolute atomic E-state index is 0.481. The van der Waals surface area contributed by atoms with Crippen LogP contribution in [0.5, 0.6) is 0 Å². The molecule has 0 atom stereocenters. The van der Waals surface area contributed by atoms with E-state index >= 15 is 0 Å². The van der Waals surface area contributed by atoms with Gasteiger partial charge in [-0.25, -0.2) is 15.0 Å². The number of fused-ring (bicyclic) bond motifs is 10. The van der Waals surface area contributed by atoms with E-state index in [2.05, 4.69) is 157 Å². The predicted octanol–water partition coefficient (Wildman–Crippen LogP) is 11.9. The smallest absolute Gasteiger partial charge is 0.164 e. The lowest BCUT2D eigenvalue weighted by molar-refractivity contribution is 0.722. The SMILES string of the molecule is c1ccc(-c2nc(-c3ccc(-c4cccc5cccnc45)cc3)nc(-c3ccc4c(c3)C3(c5ccccc5S4)c4ccccc4-c4ccccc43)n2)cc1. The molecule has 2 aromatic heterocycles. The summed E-state index contributed by atoms with van der Waals surface area (Å²) in [6.07, 6.45) is 1.85. The van der Waals surface area contributed by atoms with Crippen LogP contribution in [0.25, 0.3) is 67.3 Å². The number of pyridine rings is 1. The summed E-state index contributed by atoms with van der Waals surface area (Å²) in [7, 11) is 0. The molecule has 0 amide bonds. The Labute approximate surface area is 317 Å². The van der Waals surface area contributed by atoms with Gasteiger partial charge in [-0.15, -0.1) is 0 Å². The Bertz CT molecular complexity index is 2870. The van der Waals surface area contributed by atoms with Crippen molar-refractivity contribution in [1.29, 1.82) is 0 Å². The largest absolute Gasteiger partial charge is 0.256 e. The number of hydrogen-bond donors (Lipinski definition) is 0. The standard InChI is InChI=1S/C49H30N4S/c1-2-12-33(13-3-1)46-51-47(34-25-23-31(24-26-34)36-18-10-14-32-15-11-29-50-45(32)36)53-48(52-46)35-27-28-44-42(30-35)49(41-21-8-9-22-43(41)54-44)39-19-6-4-16-37(39)38-17-5-7-20-40(38)49/h1-30H. The van der Waals surface area contributed by atoms with Crippen LogP contribution < -0.4 is 0 Å². The molecule has 252 valence electrons. The van der Waals surface area contributed by atoms with Gasteiger partial charge in [-0.3, -0.25) is 4.98 Å². The first-order chi connectivity index (χ1) is 26.8. The molecule has 7 aromatic carbocycles. The maximum absolute atomic E-state index is 5.21. The van der Waals surface area contributed by atoms with E-state index in [1.165, 1.54) is 43.2 Å². The summed E-state index contributed by atoms with van der Waals surface area (Å²) >= 11 is 1.84. The zero-order valence-corrected chi connectivity index (χ0v) is 29.8. The van der Waals surface area contributed by atoms with Crippen LogP contribution in [0.3, 0.4) is 0 Å². The van der Waals surface area contributed by atoms with E-state index in [1.807, 2.05) is 42.2 Å². The monoisotopic (exact) mass is 706 g/mol. The molecule has 3 heterocycles. The van der Waals surface area contributed by atoms with Crippen LogP contribution in [0.15, 0.2) is 192 Å². The summed E-state index contributed by atoms with van der Waals surface area (Å²) in [6.45, 7) is 0. The van der Waals surface area contributed by atoms with Crippen LogP contribution >= 0.6 is 11.8 Å². The van der Waals surface area contributed by atoms with Crippen molar-refractivity contribution in [3.05, 3.63) is 204 Å². The van der Waals surface area contributed by atoms with Crippen LogP contribution in [0.4, 0.5) is 0 Å². The second-order valence-electron chi connectivity index (χ2n) is 13.8. The first-order valence-corrected chi connectivity index (χ1v) is 18.9. The Kier molecular flexibility index (Phi) is 6.97. The number of para-hydroxylation sites is 1. The first-order valence-electron chi connectivity index (χ1n) is 18.1. The zero-order valence-electron chi connectivity index (χ0n) is 29.0. The molecule has 54 heavy (non-hydrogen) atoms. The quantitative estimate of drug-likeness (QED) is 0.182. The summed E-state index contributed by atoms with van der Waals surface area (Å²) < 4.78 is 0. The molecule has 0 N–H and O–H groups in total. The molecular formula is C49H30N4S. The molecule has 1 spiro atoms. The van der Waals surface area contributed by atoms with E-state index < -0.39 is 5.41 Å². The molecule has 0 bridgehead atoms. The minimum Gasteiger partial charge on any atom is -0.256 e. The molecular weight excluding hydrogens is 677 g/mol. The van der Waals surface area contributed by atoms with E-state index in [1.54, 1.807) is 0 Å². The molecule has 2 aliphatic rings. The van der Waals surface area contributed by atoms with Crippen LogP contribution in [0.1, 0.15) is 22.3 Å². The van der Waals surface area contributed by atoms with Crippen LogP contribution in [-0.2, 0) is 5.41 Å². The van der Waals surface area contributed by atoms with Gasteiger partial charge in [0.2, 0.25) is 0 Å². The lowest BCUT2D eigenvalue weighted by atomic mass is 9.67. The average Bonchev–Trinajstić information content (AvgIpc) is 3.54. The molecule has 0 saturated heterocycles. The number of rotatable bonds is 4. The van der Waals surface area contributed by atoms with Gasteiger partial charge in [0.1, 0.15) is 0 Å². The first kappa shape index (κ1) is 30.9. The summed E-state index contributed by atoms with van der Waals surface area (Å²) in [4.78, 5) is 22.6. The Morgan fingerprint density at radius 2 is 0.907 bits per heavy atom. The normalized spacial score (nSPS) is 13.3. The van der Waals surface area contributed by atoms with Gasteiger partial charge in [-0.1, -0.05) is 163 Å². The predicted molar refractivity (Wildman–Crippen MR) is 218 cm³/mol. The van der Waals surface area contributed by atoms with Gasteiger partial charge in [0, 0.05) is 43.6 Å². The topological polar surface area (TPSA) is 51.6 Å². The zero-order chi connectivity index (χ0) is 35.6. The summed E-state index contributed by atoms with van der Waals surface area (Å²) in [5.41, 5.74) is 13.2. The third-order valence-corrected chi connectivity index (χ3v) is 12.0. The van der Waals surface area contributed by atoms with E-state index in [0.29, 0.717) is 17.5 Å². The fourth-order valence-electron chi connectivity index (χ4n) is 8.48. The number of nitrogens with zero attached hydrogens (tertiary/aromatic N) is 4. The van der Waals surface area contributed by atoms with Crippen molar-refractivity contribution in [2.45, 2.75) is 15.2 Å². The number of aromatic nitrogens is 4. The third kappa shape index (κ3) is 4.65. The summed E-state index contributed by atoms with van der Waals surface area (Å²) in [6, 6.07) is 62.5. The highest BCUT2D eigenvalue weighted by atomic mass is 32.2. The molecule has 4 nitrogen and oxygen atoms in total. The lowest BCUT2D eigenvalue weighted by Crippen LogP contribution is -2.32. The second kappa shape index (κ2) is 12.2. The second-order valence-corrected chi connectivity index (χ2v) is 14.9. The molecule has 0 saturated carbocycles. The van der Waals surface area contributed by atoms with Crippen molar-refractivity contribution in [1.82, 2.24) is 19.9 Å². The Morgan fingerprint density at radius 1 is 0.370 bits per heavy atom. The van der Waals surface area contributed by atoms with Crippen LogP contribution in [0, 0.1) is 0 Å². The number of benzene rings is 7. The van der Waals surface area contributed by atoms with Crippen molar-refractivity contribution < 1.29 is 0 Å². The van der Waals surface area contributed by atoms with E-state index in [9.17, 15) is 0 Å². The van der Waals surface area contributed by atoms with Gasteiger partial charge in [0.25, 0.3) is 0 Å².